The van der Waals surface area contributed by atoms with Crippen LogP contribution in [0.1, 0.15) is 40.9 Å². The number of imidazole rings is 1. The summed E-state index contributed by atoms with van der Waals surface area (Å²) in [5.41, 5.74) is 8.81. The van der Waals surface area contributed by atoms with Gasteiger partial charge in [0.25, 0.3) is 0 Å². The Hall–Kier alpha value is -3.22. The summed E-state index contributed by atoms with van der Waals surface area (Å²) in [6.45, 7) is 7.89. The van der Waals surface area contributed by atoms with Crippen LogP contribution in [-0.4, -0.2) is 84.3 Å². The zero-order valence-corrected chi connectivity index (χ0v) is 22.8. The number of nitrogens with zero attached hydrogens (tertiary/aromatic N) is 5. The summed E-state index contributed by atoms with van der Waals surface area (Å²) >= 11 is 0. The molecule has 2 aliphatic rings. The normalized spacial score (nSPS) is 17.1. The van der Waals surface area contributed by atoms with Gasteiger partial charge in [-0.05, 0) is 37.0 Å². The van der Waals surface area contributed by atoms with Crippen molar-refractivity contribution in [1.29, 1.82) is 0 Å². The lowest BCUT2D eigenvalue weighted by molar-refractivity contribution is -0.138. The smallest absolute Gasteiger partial charge is 0.396 e. The number of nitrogens with two attached hydrogens (primary N) is 1. The lowest BCUT2D eigenvalue weighted by Crippen LogP contribution is -2.45. The van der Waals surface area contributed by atoms with Crippen LogP contribution < -0.4 is 16.0 Å². The number of anilines is 2. The third-order valence-corrected chi connectivity index (χ3v) is 7.70. The number of hydrogen-bond acceptors (Lipinski definition) is 8. The van der Waals surface area contributed by atoms with Gasteiger partial charge in [0, 0.05) is 58.2 Å². The topological polar surface area (TPSA) is 101 Å². The van der Waals surface area contributed by atoms with E-state index in [1.807, 2.05) is 0 Å². The first-order chi connectivity index (χ1) is 19.2. The van der Waals surface area contributed by atoms with E-state index in [2.05, 4.69) is 15.1 Å². The third kappa shape index (κ3) is 6.39. The van der Waals surface area contributed by atoms with Crippen LogP contribution in [0.5, 0.6) is 0 Å². The Morgan fingerprint density at radius 1 is 1.15 bits per heavy atom. The van der Waals surface area contributed by atoms with Crippen LogP contribution in [0.3, 0.4) is 0 Å². The van der Waals surface area contributed by atoms with E-state index in [0.717, 1.165) is 32.2 Å². The Morgan fingerprint density at radius 3 is 2.62 bits per heavy atom. The fourth-order valence-electron chi connectivity index (χ4n) is 5.46. The van der Waals surface area contributed by atoms with Crippen LogP contribution >= 0.6 is 0 Å². The zero-order chi connectivity index (χ0) is 28.3. The zero-order valence-electron chi connectivity index (χ0n) is 22.8. The van der Waals surface area contributed by atoms with Crippen molar-refractivity contribution in [3.63, 3.8) is 0 Å². The first-order valence-corrected chi connectivity index (χ1v) is 13.8. The molecule has 4 heterocycles. The van der Waals surface area contributed by atoms with Crippen LogP contribution in [0, 0.1) is 6.92 Å². The van der Waals surface area contributed by atoms with Crippen molar-refractivity contribution < 1.29 is 22.7 Å². The van der Waals surface area contributed by atoms with Gasteiger partial charge in [0.2, 0.25) is 0 Å². The second-order valence-electron chi connectivity index (χ2n) is 10.5. The van der Waals surface area contributed by atoms with Gasteiger partial charge >= 0.3 is 6.18 Å². The highest BCUT2D eigenvalue weighted by Crippen LogP contribution is 2.34. The molecule has 1 aromatic carbocycles. The van der Waals surface area contributed by atoms with E-state index >= 15 is 0 Å². The van der Waals surface area contributed by atoms with Gasteiger partial charge in [-0.15, -0.1) is 5.10 Å². The molecule has 5 rings (SSSR count). The van der Waals surface area contributed by atoms with Crippen LogP contribution in [0.25, 0.3) is 5.65 Å². The Kier molecular flexibility index (Phi) is 8.57. The Balaban J connectivity index is 1.44. The van der Waals surface area contributed by atoms with E-state index in [4.69, 9.17) is 20.6 Å². The number of nitrogen functional groups attached to an aromatic ring is 1. The number of halogens is 3. The van der Waals surface area contributed by atoms with E-state index < -0.39 is 11.7 Å². The Labute approximate surface area is 231 Å². The lowest BCUT2D eigenvalue weighted by atomic mass is 9.97. The van der Waals surface area contributed by atoms with Gasteiger partial charge in [-0.3, -0.25) is 9.69 Å². The maximum absolute atomic E-state index is 13.7. The number of alkyl halides is 3. The number of nitrogens with one attached hydrogen (secondary N) is 1. The highest BCUT2D eigenvalue weighted by atomic mass is 19.4. The molecule has 0 radical (unpaired) electrons. The Bertz CT molecular complexity index is 1350. The van der Waals surface area contributed by atoms with Gasteiger partial charge < -0.3 is 20.7 Å². The number of carbonyl (C=O) groups excluding carboxylic acids is 1. The van der Waals surface area contributed by atoms with E-state index in [1.54, 1.807) is 16.6 Å². The summed E-state index contributed by atoms with van der Waals surface area (Å²) in [5, 5.41) is 8.13. The highest BCUT2D eigenvalue weighted by molar-refractivity contribution is 5.80. The minimum absolute atomic E-state index is 0.174. The maximum atomic E-state index is 13.7. The molecule has 0 bridgehead atoms. The third-order valence-electron chi connectivity index (χ3n) is 7.70. The highest BCUT2D eigenvalue weighted by Gasteiger charge is 2.33. The van der Waals surface area contributed by atoms with Crippen LogP contribution in [0.2, 0.25) is 0 Å². The van der Waals surface area contributed by atoms with E-state index in [-0.39, 0.29) is 17.8 Å². The standard InChI is InChI=1S/C28H36F3N7O2/c1-19-20(4-2-6-22(19)28(29,30)31)16-25-24(7-3-5-21(39)18-36-10-8-33-9-11-36)34-27-23(32)17-26(35-38(25)27)37-12-14-40-15-13-37/h2,4,6,17,33H,3,5,7-16,18,32H2,1H3. The molecule has 2 saturated heterocycles. The van der Waals surface area contributed by atoms with Crippen molar-refractivity contribution in [2.45, 2.75) is 38.8 Å². The molecule has 3 N–H and O–H groups in total. The second kappa shape index (κ2) is 12.1. The number of aromatic nitrogens is 3. The molecule has 0 spiro atoms. The van der Waals surface area contributed by atoms with E-state index in [1.165, 1.54) is 13.0 Å². The summed E-state index contributed by atoms with van der Waals surface area (Å²) in [6, 6.07) is 6.03. The summed E-state index contributed by atoms with van der Waals surface area (Å²) < 4.78 is 48.1. The molecule has 2 aliphatic heterocycles. The first kappa shape index (κ1) is 28.3. The van der Waals surface area contributed by atoms with Crippen molar-refractivity contribution in [2.75, 3.05) is 69.7 Å². The van der Waals surface area contributed by atoms with Gasteiger partial charge in [0.05, 0.1) is 42.4 Å². The largest absolute Gasteiger partial charge is 0.416 e. The van der Waals surface area contributed by atoms with Crippen molar-refractivity contribution in [2.24, 2.45) is 0 Å². The number of rotatable bonds is 9. The number of ketones is 1. The predicted octanol–water partition coefficient (Wildman–Crippen LogP) is 2.86. The van der Waals surface area contributed by atoms with Crippen molar-refractivity contribution in [3.05, 3.63) is 52.3 Å². The van der Waals surface area contributed by atoms with Crippen LogP contribution in [0.4, 0.5) is 24.7 Å². The van der Waals surface area contributed by atoms with Crippen LogP contribution in [-0.2, 0) is 28.5 Å². The Morgan fingerprint density at radius 2 is 1.90 bits per heavy atom. The number of hydrogen-bond donors (Lipinski definition) is 2. The molecule has 0 amide bonds. The van der Waals surface area contributed by atoms with E-state index in [0.29, 0.717) is 86.2 Å². The fourth-order valence-corrected chi connectivity index (χ4v) is 5.46. The molecule has 0 atom stereocenters. The fraction of sp³-hybridized carbons (Fsp3) is 0.536. The average Bonchev–Trinajstić information content (AvgIpc) is 3.28. The number of carbonyl (C=O) groups is 1. The molecule has 0 saturated carbocycles. The monoisotopic (exact) mass is 559 g/mol. The predicted molar refractivity (Wildman–Crippen MR) is 147 cm³/mol. The summed E-state index contributed by atoms with van der Waals surface area (Å²) in [7, 11) is 0. The molecule has 9 nitrogen and oxygen atoms in total. The number of ether oxygens (including phenoxy) is 1. The lowest BCUT2D eigenvalue weighted by Gasteiger charge is -2.27. The number of fused-ring (bicyclic) bond motifs is 1. The van der Waals surface area contributed by atoms with Gasteiger partial charge in [0.15, 0.2) is 11.5 Å². The first-order valence-electron chi connectivity index (χ1n) is 13.8. The second-order valence-corrected chi connectivity index (χ2v) is 10.5. The number of morpholine rings is 1. The SMILES string of the molecule is Cc1c(Cc2c(CCCC(=O)CN3CCNCC3)nc3c(N)cc(N4CCOCC4)nn23)cccc1C(F)(F)F. The summed E-state index contributed by atoms with van der Waals surface area (Å²) in [4.78, 5) is 21.7. The van der Waals surface area contributed by atoms with Crippen LogP contribution in [0.15, 0.2) is 24.3 Å². The quantitative estimate of drug-likeness (QED) is 0.413. The van der Waals surface area contributed by atoms with Crippen molar-refractivity contribution in [1.82, 2.24) is 24.8 Å². The number of piperazine rings is 1. The molecule has 2 fully saturated rings. The van der Waals surface area contributed by atoms with Gasteiger partial charge in [-0.2, -0.15) is 13.2 Å². The molecule has 0 aliphatic carbocycles. The molecule has 0 unspecified atom stereocenters. The minimum Gasteiger partial charge on any atom is -0.396 e. The average molecular weight is 560 g/mol. The number of aryl methyl sites for hydroxylation is 1. The molecule has 40 heavy (non-hydrogen) atoms. The van der Waals surface area contributed by atoms with Gasteiger partial charge in [0.1, 0.15) is 5.78 Å². The number of Topliss-reactive ketones (excluding diaryl/α,β-unsaturated/α-hetero) is 1. The molecule has 216 valence electrons. The van der Waals surface area contributed by atoms with Crippen molar-refractivity contribution in [3.8, 4) is 0 Å². The molecule has 12 heteroatoms. The number of benzene rings is 1. The molecule has 2 aromatic heterocycles. The summed E-state index contributed by atoms with van der Waals surface area (Å²) in [5.74, 6) is 0.846. The maximum Gasteiger partial charge on any atom is 0.416 e. The van der Waals surface area contributed by atoms with Gasteiger partial charge in [-0.25, -0.2) is 9.50 Å². The molecular formula is C28H36F3N7O2. The minimum atomic E-state index is -4.45. The van der Waals surface area contributed by atoms with E-state index in [9.17, 15) is 18.0 Å². The van der Waals surface area contributed by atoms with Crippen molar-refractivity contribution >= 4 is 22.9 Å². The summed E-state index contributed by atoms with van der Waals surface area (Å²) in [6.07, 6.45) is -2.75. The molecular weight excluding hydrogens is 523 g/mol. The molecule has 3 aromatic rings. The van der Waals surface area contributed by atoms with Gasteiger partial charge in [-0.1, -0.05) is 12.1 Å².